The van der Waals surface area contributed by atoms with Gasteiger partial charge in [0.25, 0.3) is 5.91 Å². The van der Waals surface area contributed by atoms with Crippen LogP contribution in [0.2, 0.25) is 0 Å². The molecule has 0 bridgehead atoms. The van der Waals surface area contributed by atoms with E-state index in [-0.39, 0.29) is 30.6 Å². The number of hydrogen-bond acceptors (Lipinski definition) is 4. The van der Waals surface area contributed by atoms with E-state index in [0.29, 0.717) is 5.69 Å². The van der Waals surface area contributed by atoms with Gasteiger partial charge < -0.3 is 15.5 Å². The number of benzene rings is 1. The Bertz CT molecular complexity index is 811. The van der Waals surface area contributed by atoms with Crippen LogP contribution in [-0.4, -0.2) is 47.7 Å². The number of rotatable bonds is 6. The Morgan fingerprint density at radius 3 is 2.62 bits per heavy atom. The van der Waals surface area contributed by atoms with Crippen LogP contribution >= 0.6 is 15.9 Å². The molecule has 2 N–H and O–H groups in total. The van der Waals surface area contributed by atoms with Crippen molar-refractivity contribution in [3.63, 3.8) is 0 Å². The molecule has 0 saturated carbocycles. The van der Waals surface area contributed by atoms with Crippen molar-refractivity contribution >= 4 is 39.3 Å². The molecule has 1 heterocycles. The van der Waals surface area contributed by atoms with Crippen molar-refractivity contribution in [3.8, 4) is 0 Å². The Hall–Kier alpha value is -2.74. The van der Waals surface area contributed by atoms with E-state index in [1.165, 1.54) is 18.1 Å². The van der Waals surface area contributed by atoms with E-state index in [1.54, 1.807) is 24.3 Å². The lowest BCUT2D eigenvalue weighted by molar-refractivity contribution is -0.132. The van der Waals surface area contributed by atoms with Crippen LogP contribution in [-0.2, 0) is 9.59 Å². The topological polar surface area (TPSA) is 91.4 Å². The first-order valence-corrected chi connectivity index (χ1v) is 8.65. The third-order valence-electron chi connectivity index (χ3n) is 3.57. The summed E-state index contributed by atoms with van der Waals surface area (Å²) in [7, 11) is 1.50. The molecule has 8 heteroatoms. The van der Waals surface area contributed by atoms with Crippen LogP contribution in [0.3, 0.4) is 0 Å². The molecule has 136 valence electrons. The number of aromatic nitrogens is 1. The van der Waals surface area contributed by atoms with E-state index in [2.05, 4.69) is 31.5 Å². The maximum Gasteiger partial charge on any atom is 0.270 e. The number of halogens is 1. The highest BCUT2D eigenvalue weighted by Crippen LogP contribution is 2.19. The number of carbonyl (C=O) groups excluding carboxylic acids is 3. The third-order valence-corrected chi connectivity index (χ3v) is 4.06. The summed E-state index contributed by atoms with van der Waals surface area (Å²) in [6.07, 6.45) is 1.50. The summed E-state index contributed by atoms with van der Waals surface area (Å²) in [4.78, 5) is 41.2. The molecule has 0 fully saturated rings. The van der Waals surface area contributed by atoms with Crippen LogP contribution in [0.4, 0.5) is 5.69 Å². The Balaban J connectivity index is 1.82. The molecule has 2 rings (SSSR count). The fourth-order valence-electron chi connectivity index (χ4n) is 2.14. The average Bonchev–Trinajstić information content (AvgIpc) is 2.62. The molecule has 1 aromatic heterocycles. The van der Waals surface area contributed by atoms with E-state index >= 15 is 0 Å². The maximum absolute atomic E-state index is 12.1. The second-order valence-electron chi connectivity index (χ2n) is 5.65. The molecule has 2 aromatic rings. The van der Waals surface area contributed by atoms with E-state index in [1.807, 2.05) is 19.1 Å². The number of pyridine rings is 1. The van der Waals surface area contributed by atoms with Gasteiger partial charge in [0.05, 0.1) is 13.1 Å². The van der Waals surface area contributed by atoms with Crippen LogP contribution in [0.5, 0.6) is 0 Å². The predicted molar refractivity (Wildman–Crippen MR) is 102 cm³/mol. The van der Waals surface area contributed by atoms with Crippen LogP contribution < -0.4 is 10.6 Å². The van der Waals surface area contributed by atoms with Gasteiger partial charge in [0.1, 0.15) is 5.69 Å². The molecule has 0 aliphatic heterocycles. The second kappa shape index (κ2) is 9.10. The van der Waals surface area contributed by atoms with Crippen molar-refractivity contribution < 1.29 is 14.4 Å². The van der Waals surface area contributed by atoms with E-state index in [0.717, 1.165) is 10.0 Å². The quantitative estimate of drug-likeness (QED) is 0.749. The number of hydrogen-bond donors (Lipinski definition) is 2. The molecular formula is C18H19BrN4O3. The number of nitrogens with one attached hydrogen (secondary N) is 2. The first-order chi connectivity index (χ1) is 12.4. The smallest absolute Gasteiger partial charge is 0.270 e. The summed E-state index contributed by atoms with van der Waals surface area (Å²) >= 11 is 3.36. The highest BCUT2D eigenvalue weighted by Gasteiger charge is 2.15. The fraction of sp³-hybridized carbons (Fsp3) is 0.222. The van der Waals surface area contributed by atoms with Crippen molar-refractivity contribution in [1.29, 1.82) is 0 Å². The Kier molecular flexibility index (Phi) is 6.85. The van der Waals surface area contributed by atoms with Gasteiger partial charge in [0.2, 0.25) is 11.8 Å². The first kappa shape index (κ1) is 19.6. The number of nitrogens with zero attached hydrogens (tertiary/aromatic N) is 2. The standard InChI is InChI=1S/C18H19BrN4O3/c1-12-9-13(19)6-7-14(12)22-16(24)11-23(2)17(25)10-21-18(26)15-5-3-4-8-20-15/h3-9H,10-11H2,1-2H3,(H,21,26)(H,22,24). The molecule has 0 spiro atoms. The molecule has 3 amide bonds. The summed E-state index contributed by atoms with van der Waals surface area (Å²) in [6.45, 7) is 1.55. The minimum absolute atomic E-state index is 0.117. The number of likely N-dealkylation sites (N-methyl/N-ethyl adjacent to an activating group) is 1. The summed E-state index contributed by atoms with van der Waals surface area (Å²) in [5.41, 5.74) is 1.82. The molecule has 0 aliphatic rings. The van der Waals surface area contributed by atoms with E-state index < -0.39 is 5.91 Å². The molecule has 0 atom stereocenters. The lowest BCUT2D eigenvalue weighted by Gasteiger charge is -2.17. The van der Waals surface area contributed by atoms with Gasteiger partial charge in [-0.1, -0.05) is 22.0 Å². The van der Waals surface area contributed by atoms with Crippen molar-refractivity contribution in [2.75, 3.05) is 25.5 Å². The Morgan fingerprint density at radius 2 is 1.96 bits per heavy atom. The van der Waals surface area contributed by atoms with Crippen LogP contribution in [0.25, 0.3) is 0 Å². The van der Waals surface area contributed by atoms with Gasteiger partial charge >= 0.3 is 0 Å². The summed E-state index contributed by atoms with van der Waals surface area (Å²) in [5, 5.41) is 5.25. The first-order valence-electron chi connectivity index (χ1n) is 7.86. The zero-order valence-electron chi connectivity index (χ0n) is 14.5. The predicted octanol–water partition coefficient (Wildman–Crippen LogP) is 1.98. The number of aryl methyl sites for hydroxylation is 1. The van der Waals surface area contributed by atoms with Crippen molar-refractivity contribution in [3.05, 3.63) is 58.3 Å². The molecule has 7 nitrogen and oxygen atoms in total. The minimum atomic E-state index is -0.442. The monoisotopic (exact) mass is 418 g/mol. The Labute approximate surface area is 159 Å². The molecule has 0 unspecified atom stereocenters. The molecular weight excluding hydrogens is 400 g/mol. The maximum atomic E-state index is 12.1. The summed E-state index contributed by atoms with van der Waals surface area (Å²) in [5.74, 6) is -1.14. The summed E-state index contributed by atoms with van der Waals surface area (Å²) in [6, 6.07) is 10.4. The number of anilines is 1. The molecule has 0 saturated heterocycles. The normalized spacial score (nSPS) is 10.1. The van der Waals surface area contributed by atoms with E-state index in [4.69, 9.17) is 0 Å². The van der Waals surface area contributed by atoms with Gasteiger partial charge in [-0.25, -0.2) is 0 Å². The fourth-order valence-corrected chi connectivity index (χ4v) is 2.61. The average molecular weight is 419 g/mol. The highest BCUT2D eigenvalue weighted by atomic mass is 79.9. The van der Waals surface area contributed by atoms with Gasteiger partial charge in [-0.05, 0) is 42.8 Å². The Morgan fingerprint density at radius 1 is 1.19 bits per heavy atom. The molecule has 1 aromatic carbocycles. The molecule has 26 heavy (non-hydrogen) atoms. The van der Waals surface area contributed by atoms with Gasteiger partial charge in [-0.3, -0.25) is 19.4 Å². The van der Waals surface area contributed by atoms with Gasteiger partial charge in [0, 0.05) is 23.4 Å². The van der Waals surface area contributed by atoms with Gasteiger partial charge in [-0.2, -0.15) is 0 Å². The second-order valence-corrected chi connectivity index (χ2v) is 6.57. The number of carbonyl (C=O) groups is 3. The third kappa shape index (κ3) is 5.66. The zero-order valence-corrected chi connectivity index (χ0v) is 16.0. The highest BCUT2D eigenvalue weighted by molar-refractivity contribution is 9.10. The molecule has 0 radical (unpaired) electrons. The van der Waals surface area contributed by atoms with Crippen molar-refractivity contribution in [1.82, 2.24) is 15.2 Å². The van der Waals surface area contributed by atoms with Crippen LogP contribution in [0.15, 0.2) is 47.1 Å². The van der Waals surface area contributed by atoms with Crippen LogP contribution in [0.1, 0.15) is 16.1 Å². The lowest BCUT2D eigenvalue weighted by Crippen LogP contribution is -2.41. The largest absolute Gasteiger partial charge is 0.342 e. The van der Waals surface area contributed by atoms with Gasteiger partial charge in [0.15, 0.2) is 0 Å². The lowest BCUT2D eigenvalue weighted by atomic mass is 10.2. The number of amides is 3. The van der Waals surface area contributed by atoms with Gasteiger partial charge in [-0.15, -0.1) is 0 Å². The SMILES string of the molecule is Cc1cc(Br)ccc1NC(=O)CN(C)C(=O)CNC(=O)c1ccccn1. The van der Waals surface area contributed by atoms with Crippen molar-refractivity contribution in [2.45, 2.75) is 6.92 Å². The molecule has 0 aliphatic carbocycles. The van der Waals surface area contributed by atoms with E-state index in [9.17, 15) is 14.4 Å². The zero-order chi connectivity index (χ0) is 19.1. The summed E-state index contributed by atoms with van der Waals surface area (Å²) < 4.78 is 0.920. The van der Waals surface area contributed by atoms with Crippen LogP contribution in [0, 0.1) is 6.92 Å². The minimum Gasteiger partial charge on any atom is -0.342 e. The van der Waals surface area contributed by atoms with Crippen molar-refractivity contribution in [2.24, 2.45) is 0 Å².